The Morgan fingerprint density at radius 3 is 2.17 bits per heavy atom. The topological polar surface area (TPSA) is 111 Å². The van der Waals surface area contributed by atoms with E-state index in [9.17, 15) is 41.4 Å². The zero-order chi connectivity index (χ0) is 29.6. The van der Waals surface area contributed by atoms with Gasteiger partial charge in [0, 0.05) is 10.6 Å². The highest BCUT2D eigenvalue weighted by Crippen LogP contribution is 2.34. The van der Waals surface area contributed by atoms with Crippen LogP contribution in [0.15, 0.2) is 47.3 Å². The second-order valence-corrected chi connectivity index (χ2v) is 9.42. The number of hydrogen-bond donors (Lipinski definition) is 2. The van der Waals surface area contributed by atoms with Gasteiger partial charge in [0.25, 0.3) is 0 Å². The van der Waals surface area contributed by atoms with Gasteiger partial charge in [-0.15, -0.1) is 10.2 Å². The van der Waals surface area contributed by atoms with Crippen LogP contribution in [0.2, 0.25) is 10.0 Å². The van der Waals surface area contributed by atoms with Gasteiger partial charge in [0.15, 0.2) is 23.6 Å². The summed E-state index contributed by atoms with van der Waals surface area (Å²) in [6.07, 6.45) is -13.9. The number of aliphatic hydroxyl groups is 2. The summed E-state index contributed by atoms with van der Waals surface area (Å²) in [5, 5.41) is 28.0. The van der Waals surface area contributed by atoms with Crippen molar-refractivity contribution < 1.29 is 36.6 Å². The fourth-order valence-corrected chi connectivity index (χ4v) is 4.06. The summed E-state index contributed by atoms with van der Waals surface area (Å²) < 4.78 is 80.8. The lowest BCUT2D eigenvalue weighted by Gasteiger charge is -2.15. The van der Waals surface area contributed by atoms with E-state index < -0.39 is 48.9 Å². The molecule has 40 heavy (non-hydrogen) atoms. The molecule has 4 rings (SSSR count). The number of aromatic nitrogens is 6. The normalized spacial score (nSPS) is 14.0. The summed E-state index contributed by atoms with van der Waals surface area (Å²) in [7, 11) is 0. The molecule has 2 atom stereocenters. The summed E-state index contributed by atoms with van der Waals surface area (Å²) in [4.78, 5) is 17.2. The average molecular weight is 611 g/mol. The van der Waals surface area contributed by atoms with Crippen LogP contribution in [0.25, 0.3) is 17.1 Å². The van der Waals surface area contributed by atoms with E-state index in [0.717, 1.165) is 21.5 Å². The van der Waals surface area contributed by atoms with Gasteiger partial charge in [-0.3, -0.25) is 4.57 Å². The lowest BCUT2D eigenvalue weighted by molar-refractivity contribution is -0.207. The second-order valence-electron chi connectivity index (χ2n) is 8.58. The van der Waals surface area contributed by atoms with Crippen LogP contribution in [-0.4, -0.2) is 51.6 Å². The van der Waals surface area contributed by atoms with Gasteiger partial charge in [-0.1, -0.05) is 23.2 Å². The Bertz CT molecular complexity index is 1580. The highest BCUT2D eigenvalue weighted by atomic mass is 35.5. The van der Waals surface area contributed by atoms with Crippen molar-refractivity contribution in [2.45, 2.75) is 44.6 Å². The highest BCUT2D eigenvalue weighted by Gasteiger charge is 2.39. The van der Waals surface area contributed by atoms with Gasteiger partial charge in [0.05, 0.1) is 22.8 Å². The molecule has 2 aromatic carbocycles. The molecule has 2 unspecified atom stereocenters. The monoisotopic (exact) mass is 610 g/mol. The first kappa shape index (κ1) is 29.6. The largest absolute Gasteiger partial charge is 0.416 e. The Labute approximate surface area is 230 Å². The summed E-state index contributed by atoms with van der Waals surface area (Å²) in [6.45, 7) is -0.373. The van der Waals surface area contributed by atoms with E-state index in [1.165, 1.54) is 31.2 Å². The van der Waals surface area contributed by atoms with Crippen LogP contribution in [0.3, 0.4) is 0 Å². The molecular formula is C23H18Cl2F6N6O3. The van der Waals surface area contributed by atoms with Gasteiger partial charge in [0.1, 0.15) is 12.6 Å². The van der Waals surface area contributed by atoms with Crippen molar-refractivity contribution in [3.63, 3.8) is 0 Å². The fraction of sp³-hybridized carbons (Fsp3) is 0.304. The van der Waals surface area contributed by atoms with E-state index in [1.54, 1.807) is 0 Å². The molecule has 0 aliphatic heterocycles. The third-order valence-electron chi connectivity index (χ3n) is 5.60. The van der Waals surface area contributed by atoms with E-state index in [-0.39, 0.29) is 33.7 Å². The first-order valence-corrected chi connectivity index (χ1v) is 12.0. The van der Waals surface area contributed by atoms with Gasteiger partial charge < -0.3 is 10.2 Å². The summed E-state index contributed by atoms with van der Waals surface area (Å²) in [5.41, 5.74) is -1.91. The molecule has 0 radical (unpaired) electrons. The lowest BCUT2D eigenvalue weighted by Crippen LogP contribution is -2.37. The van der Waals surface area contributed by atoms with E-state index in [0.29, 0.717) is 15.7 Å². The van der Waals surface area contributed by atoms with E-state index in [2.05, 4.69) is 15.2 Å². The van der Waals surface area contributed by atoms with Crippen LogP contribution in [0, 0.1) is 0 Å². The van der Waals surface area contributed by atoms with Crippen LogP contribution in [0.5, 0.6) is 0 Å². The number of alkyl halides is 6. The third-order valence-corrected chi connectivity index (χ3v) is 6.16. The van der Waals surface area contributed by atoms with Gasteiger partial charge >= 0.3 is 18.0 Å². The molecule has 0 spiro atoms. The molecule has 2 heterocycles. The van der Waals surface area contributed by atoms with Crippen molar-refractivity contribution in [3.8, 4) is 17.1 Å². The SMILES string of the molecule is CC(O)c1nc(Cn2nc(-c3ccc(Cl)cc3)n(CC(O)C(F)(F)F)c2=O)nn1-c1ccc(C(F)(F)F)cc1Cl. The van der Waals surface area contributed by atoms with Crippen LogP contribution in [0.4, 0.5) is 26.3 Å². The Kier molecular flexibility index (Phi) is 8.04. The standard InChI is InChI=1S/C23H18Cl2F6N6O3/c1-11(38)19-32-18(33-37(19)16-7-4-13(8-15(16)25)22(26,27)28)10-36-21(40)35(9-17(39)23(29,30)31)20(34-36)12-2-5-14(24)6-3-12/h2-8,11,17,38-39H,9-10H2,1H3. The zero-order valence-electron chi connectivity index (χ0n) is 20.1. The molecule has 0 aliphatic rings. The zero-order valence-corrected chi connectivity index (χ0v) is 21.6. The Morgan fingerprint density at radius 2 is 1.62 bits per heavy atom. The molecule has 4 aromatic rings. The average Bonchev–Trinajstić information content (AvgIpc) is 3.40. The number of halogens is 8. The van der Waals surface area contributed by atoms with Crippen molar-refractivity contribution in [3.05, 3.63) is 80.2 Å². The number of hydrogen-bond acceptors (Lipinski definition) is 6. The molecular weight excluding hydrogens is 593 g/mol. The smallest absolute Gasteiger partial charge is 0.385 e. The Balaban J connectivity index is 1.77. The summed E-state index contributed by atoms with van der Waals surface area (Å²) in [6, 6.07) is 8.12. The Morgan fingerprint density at radius 1 is 0.975 bits per heavy atom. The molecule has 214 valence electrons. The summed E-state index contributed by atoms with van der Waals surface area (Å²) >= 11 is 11.9. The van der Waals surface area contributed by atoms with Crippen LogP contribution in [0.1, 0.15) is 30.2 Å². The minimum Gasteiger partial charge on any atom is -0.385 e. The quantitative estimate of drug-likeness (QED) is 0.295. The molecule has 2 aromatic heterocycles. The fourth-order valence-electron chi connectivity index (χ4n) is 3.67. The highest BCUT2D eigenvalue weighted by molar-refractivity contribution is 6.32. The summed E-state index contributed by atoms with van der Waals surface area (Å²) in [5.74, 6) is -0.530. The Hall–Kier alpha value is -3.40. The van der Waals surface area contributed by atoms with E-state index in [1.807, 2.05) is 0 Å². The molecule has 0 aliphatic carbocycles. The van der Waals surface area contributed by atoms with Crippen molar-refractivity contribution in [2.24, 2.45) is 0 Å². The predicted octanol–water partition coefficient (Wildman–Crippen LogP) is 4.64. The van der Waals surface area contributed by atoms with Crippen LogP contribution >= 0.6 is 23.2 Å². The molecule has 0 amide bonds. The maximum Gasteiger partial charge on any atom is 0.416 e. The number of benzene rings is 2. The van der Waals surface area contributed by atoms with Gasteiger partial charge in [-0.05, 0) is 49.4 Å². The number of aliphatic hydroxyl groups excluding tert-OH is 2. The third kappa shape index (κ3) is 6.16. The minimum atomic E-state index is -5.02. The molecule has 9 nitrogen and oxygen atoms in total. The predicted molar refractivity (Wildman–Crippen MR) is 130 cm³/mol. The maximum absolute atomic E-state index is 13.1. The lowest BCUT2D eigenvalue weighted by atomic mass is 10.2. The molecule has 2 N–H and O–H groups in total. The molecule has 0 saturated heterocycles. The van der Waals surface area contributed by atoms with Gasteiger partial charge in [-0.25, -0.2) is 19.1 Å². The molecule has 0 saturated carbocycles. The number of rotatable bonds is 7. The first-order chi connectivity index (χ1) is 18.6. The minimum absolute atomic E-state index is 0.0580. The van der Waals surface area contributed by atoms with Crippen molar-refractivity contribution in [1.29, 1.82) is 0 Å². The van der Waals surface area contributed by atoms with Crippen LogP contribution in [-0.2, 0) is 19.3 Å². The first-order valence-electron chi connectivity index (χ1n) is 11.3. The number of nitrogens with zero attached hydrogens (tertiary/aromatic N) is 6. The second kappa shape index (κ2) is 10.9. The van der Waals surface area contributed by atoms with Gasteiger partial charge in [0.2, 0.25) is 0 Å². The van der Waals surface area contributed by atoms with Crippen molar-refractivity contribution >= 4 is 23.2 Å². The van der Waals surface area contributed by atoms with E-state index in [4.69, 9.17) is 23.2 Å². The van der Waals surface area contributed by atoms with Crippen LogP contribution < -0.4 is 5.69 Å². The molecule has 0 bridgehead atoms. The molecule has 17 heteroatoms. The van der Waals surface area contributed by atoms with E-state index >= 15 is 0 Å². The van der Waals surface area contributed by atoms with Crippen molar-refractivity contribution in [1.82, 2.24) is 29.1 Å². The molecule has 0 fully saturated rings. The maximum atomic E-state index is 13.1. The van der Waals surface area contributed by atoms with Crippen molar-refractivity contribution in [2.75, 3.05) is 0 Å². The van der Waals surface area contributed by atoms with Gasteiger partial charge in [-0.2, -0.15) is 26.3 Å².